The fraction of sp³-hybridized carbons (Fsp3) is 0.421. The molecule has 1 aliphatic rings. The van der Waals surface area contributed by atoms with Crippen molar-refractivity contribution < 1.29 is 4.79 Å². The smallest absolute Gasteiger partial charge is 0.224 e. The molecule has 3 rings (SSSR count). The zero-order valence-electron chi connectivity index (χ0n) is 14.1. The van der Waals surface area contributed by atoms with Crippen molar-refractivity contribution in [2.24, 2.45) is 5.92 Å². The molecule has 5 heteroatoms. The van der Waals surface area contributed by atoms with Gasteiger partial charge in [-0.1, -0.05) is 19.3 Å². The van der Waals surface area contributed by atoms with Gasteiger partial charge < -0.3 is 10.6 Å². The standard InChI is InChI=1S/C19H24N4O/c1-14-11-18(21-13-20-14)22-16-7-9-17(10-8-16)23-19(24)12-15-5-3-2-4-6-15/h7-11,13,15H,2-6,12H2,1H3,(H,23,24)(H,20,21,22). The van der Waals surface area contributed by atoms with Crippen LogP contribution in [-0.2, 0) is 4.79 Å². The van der Waals surface area contributed by atoms with Crippen LogP contribution in [0.4, 0.5) is 17.2 Å². The zero-order chi connectivity index (χ0) is 16.8. The van der Waals surface area contributed by atoms with Crippen LogP contribution < -0.4 is 10.6 Å². The largest absolute Gasteiger partial charge is 0.340 e. The van der Waals surface area contributed by atoms with Crippen LogP contribution in [0.2, 0.25) is 0 Å². The first-order chi connectivity index (χ1) is 11.7. The molecule has 1 fully saturated rings. The molecule has 0 saturated heterocycles. The van der Waals surface area contributed by atoms with Crippen LogP contribution in [0, 0.1) is 12.8 Å². The molecule has 1 saturated carbocycles. The van der Waals surface area contributed by atoms with Gasteiger partial charge >= 0.3 is 0 Å². The van der Waals surface area contributed by atoms with Gasteiger partial charge in [0.25, 0.3) is 0 Å². The van der Waals surface area contributed by atoms with E-state index in [1.54, 1.807) is 0 Å². The predicted molar refractivity (Wildman–Crippen MR) is 96.3 cm³/mol. The summed E-state index contributed by atoms with van der Waals surface area (Å²) < 4.78 is 0. The molecule has 0 unspecified atom stereocenters. The van der Waals surface area contributed by atoms with Crippen molar-refractivity contribution in [2.75, 3.05) is 10.6 Å². The molecule has 2 aromatic rings. The lowest BCUT2D eigenvalue weighted by Crippen LogP contribution is -2.18. The monoisotopic (exact) mass is 324 g/mol. The van der Waals surface area contributed by atoms with Crippen molar-refractivity contribution in [3.63, 3.8) is 0 Å². The van der Waals surface area contributed by atoms with Gasteiger partial charge in [-0.15, -0.1) is 0 Å². The van der Waals surface area contributed by atoms with Gasteiger partial charge in [0.2, 0.25) is 5.91 Å². The molecule has 1 aromatic heterocycles. The van der Waals surface area contributed by atoms with Crippen LogP contribution in [0.3, 0.4) is 0 Å². The van der Waals surface area contributed by atoms with Crippen LogP contribution in [0.15, 0.2) is 36.7 Å². The van der Waals surface area contributed by atoms with Crippen LogP contribution in [0.25, 0.3) is 0 Å². The number of rotatable bonds is 5. The first-order valence-electron chi connectivity index (χ1n) is 8.64. The molecule has 1 aliphatic carbocycles. The van der Waals surface area contributed by atoms with Gasteiger partial charge in [0, 0.05) is 29.6 Å². The average molecular weight is 324 g/mol. The highest BCUT2D eigenvalue weighted by molar-refractivity contribution is 5.91. The van der Waals surface area contributed by atoms with Crippen molar-refractivity contribution in [3.05, 3.63) is 42.4 Å². The summed E-state index contributed by atoms with van der Waals surface area (Å²) in [5.74, 6) is 1.44. The summed E-state index contributed by atoms with van der Waals surface area (Å²) >= 11 is 0. The van der Waals surface area contributed by atoms with E-state index in [9.17, 15) is 4.79 Å². The number of anilines is 3. The van der Waals surface area contributed by atoms with Crippen molar-refractivity contribution in [1.29, 1.82) is 0 Å². The quantitative estimate of drug-likeness (QED) is 0.853. The van der Waals surface area contributed by atoms with Crippen molar-refractivity contribution in [2.45, 2.75) is 45.4 Å². The van der Waals surface area contributed by atoms with E-state index in [2.05, 4.69) is 20.6 Å². The van der Waals surface area contributed by atoms with E-state index in [4.69, 9.17) is 0 Å². The maximum atomic E-state index is 12.2. The molecule has 24 heavy (non-hydrogen) atoms. The Hall–Kier alpha value is -2.43. The third kappa shape index (κ3) is 4.78. The van der Waals surface area contributed by atoms with Gasteiger partial charge in [-0.2, -0.15) is 0 Å². The number of benzene rings is 1. The van der Waals surface area contributed by atoms with Gasteiger partial charge in [-0.05, 0) is 49.9 Å². The Kier molecular flexibility index (Phi) is 5.41. The SMILES string of the molecule is Cc1cc(Nc2ccc(NC(=O)CC3CCCCC3)cc2)ncn1. The van der Waals surface area contributed by atoms with Gasteiger partial charge in [0.05, 0.1) is 0 Å². The lowest BCUT2D eigenvalue weighted by molar-refractivity contribution is -0.117. The molecule has 0 bridgehead atoms. The van der Waals surface area contributed by atoms with Gasteiger partial charge in [0.15, 0.2) is 0 Å². The highest BCUT2D eigenvalue weighted by Gasteiger charge is 2.16. The fourth-order valence-electron chi connectivity index (χ4n) is 3.17. The van der Waals surface area contributed by atoms with Gasteiger partial charge in [-0.25, -0.2) is 9.97 Å². The normalized spacial score (nSPS) is 15.0. The summed E-state index contributed by atoms with van der Waals surface area (Å²) in [6, 6.07) is 9.59. The van der Waals surface area contributed by atoms with E-state index in [1.807, 2.05) is 37.3 Å². The summed E-state index contributed by atoms with van der Waals surface area (Å²) in [6.45, 7) is 1.93. The highest BCUT2D eigenvalue weighted by atomic mass is 16.1. The number of hydrogen-bond acceptors (Lipinski definition) is 4. The van der Waals surface area contributed by atoms with Gasteiger partial charge in [0.1, 0.15) is 12.1 Å². The number of nitrogens with zero attached hydrogens (tertiary/aromatic N) is 2. The molecule has 126 valence electrons. The van der Waals surface area contributed by atoms with E-state index in [0.717, 1.165) is 22.9 Å². The Morgan fingerprint density at radius 2 is 1.79 bits per heavy atom. The summed E-state index contributed by atoms with van der Waals surface area (Å²) in [5.41, 5.74) is 2.68. The topological polar surface area (TPSA) is 66.9 Å². The zero-order valence-corrected chi connectivity index (χ0v) is 14.1. The molecule has 1 heterocycles. The van der Waals surface area contributed by atoms with E-state index in [1.165, 1.54) is 38.4 Å². The Morgan fingerprint density at radius 1 is 1.08 bits per heavy atom. The van der Waals surface area contributed by atoms with Crippen molar-refractivity contribution >= 4 is 23.1 Å². The van der Waals surface area contributed by atoms with E-state index < -0.39 is 0 Å². The summed E-state index contributed by atoms with van der Waals surface area (Å²) in [5, 5.41) is 6.22. The first kappa shape index (κ1) is 16.4. The maximum Gasteiger partial charge on any atom is 0.224 e. The molecule has 1 aromatic carbocycles. The fourth-order valence-corrected chi connectivity index (χ4v) is 3.17. The number of hydrogen-bond donors (Lipinski definition) is 2. The molecular formula is C19H24N4O. The average Bonchev–Trinajstić information content (AvgIpc) is 2.57. The minimum atomic E-state index is 0.119. The number of aryl methyl sites for hydroxylation is 1. The third-order valence-corrected chi connectivity index (χ3v) is 4.44. The Balaban J connectivity index is 1.53. The first-order valence-corrected chi connectivity index (χ1v) is 8.64. The summed E-state index contributed by atoms with van der Waals surface area (Å²) in [7, 11) is 0. The van der Waals surface area contributed by atoms with Crippen LogP contribution >= 0.6 is 0 Å². The highest BCUT2D eigenvalue weighted by Crippen LogP contribution is 2.26. The Morgan fingerprint density at radius 3 is 2.50 bits per heavy atom. The van der Waals surface area contributed by atoms with Crippen LogP contribution in [-0.4, -0.2) is 15.9 Å². The number of nitrogens with one attached hydrogen (secondary N) is 2. The second-order valence-electron chi connectivity index (χ2n) is 6.50. The molecular weight excluding hydrogens is 300 g/mol. The third-order valence-electron chi connectivity index (χ3n) is 4.44. The number of carbonyl (C=O) groups is 1. The second-order valence-corrected chi connectivity index (χ2v) is 6.50. The second kappa shape index (κ2) is 7.90. The molecule has 0 atom stereocenters. The Bertz CT molecular complexity index is 678. The maximum absolute atomic E-state index is 12.2. The van der Waals surface area contributed by atoms with Crippen molar-refractivity contribution in [1.82, 2.24) is 9.97 Å². The molecule has 5 nitrogen and oxygen atoms in total. The van der Waals surface area contributed by atoms with E-state index in [-0.39, 0.29) is 5.91 Å². The summed E-state index contributed by atoms with van der Waals surface area (Å²) in [6.07, 6.45) is 8.40. The molecule has 1 amide bonds. The molecule has 2 N–H and O–H groups in total. The summed E-state index contributed by atoms with van der Waals surface area (Å²) in [4.78, 5) is 20.4. The molecule has 0 aliphatic heterocycles. The minimum absolute atomic E-state index is 0.119. The predicted octanol–water partition coefficient (Wildman–Crippen LogP) is 4.44. The van der Waals surface area contributed by atoms with Crippen LogP contribution in [0.5, 0.6) is 0 Å². The molecule has 0 spiro atoms. The van der Waals surface area contributed by atoms with Crippen LogP contribution in [0.1, 0.15) is 44.2 Å². The van der Waals surface area contributed by atoms with Gasteiger partial charge in [-0.3, -0.25) is 4.79 Å². The van der Waals surface area contributed by atoms with E-state index >= 15 is 0 Å². The Labute approximate surface area is 142 Å². The van der Waals surface area contributed by atoms with E-state index in [0.29, 0.717) is 12.3 Å². The van der Waals surface area contributed by atoms with Crippen molar-refractivity contribution in [3.8, 4) is 0 Å². The number of aromatic nitrogens is 2. The number of carbonyl (C=O) groups excluding carboxylic acids is 1. The molecule has 0 radical (unpaired) electrons. The minimum Gasteiger partial charge on any atom is -0.340 e. The lowest BCUT2D eigenvalue weighted by Gasteiger charge is -2.20. The lowest BCUT2D eigenvalue weighted by atomic mass is 9.87. The number of amides is 1.